The Morgan fingerprint density at radius 2 is 1.67 bits per heavy atom. The van der Waals surface area contributed by atoms with Gasteiger partial charge < -0.3 is 15.0 Å². The van der Waals surface area contributed by atoms with E-state index in [1.54, 1.807) is 12.1 Å². The van der Waals surface area contributed by atoms with Crippen molar-refractivity contribution >= 4 is 26.5 Å². The lowest BCUT2D eigenvalue weighted by Crippen LogP contribution is -2.28. The molecule has 0 unspecified atom stereocenters. The van der Waals surface area contributed by atoms with Crippen LogP contribution in [0.5, 0.6) is 0 Å². The third-order valence-electron chi connectivity index (χ3n) is 3.67. The maximum Gasteiger partial charge on any atom is 0.241 e. The number of sulfonamides is 1. The molecule has 0 bridgehead atoms. The first-order valence-corrected chi connectivity index (χ1v) is 9.37. The molecule has 0 saturated heterocycles. The van der Waals surface area contributed by atoms with E-state index in [-0.39, 0.29) is 6.54 Å². The molecule has 2 aromatic rings. The zero-order chi connectivity index (χ0) is 17.6. The number of anilines is 1. The SMILES string of the molecule is CNCCOCCNS(=O)(=O)c1cccc2c(N(C)C)cccc12. The van der Waals surface area contributed by atoms with Gasteiger partial charge in [0.1, 0.15) is 0 Å². The number of fused-ring (bicyclic) bond motifs is 1. The van der Waals surface area contributed by atoms with E-state index in [0.717, 1.165) is 17.6 Å². The molecular formula is C17H25N3O3S. The van der Waals surface area contributed by atoms with Crippen molar-refractivity contribution in [3.8, 4) is 0 Å². The average Bonchev–Trinajstić information content (AvgIpc) is 2.56. The molecule has 0 spiro atoms. The zero-order valence-electron chi connectivity index (χ0n) is 14.4. The first-order valence-electron chi connectivity index (χ1n) is 7.88. The summed E-state index contributed by atoms with van der Waals surface area (Å²) in [7, 11) is 2.14. The highest BCUT2D eigenvalue weighted by Gasteiger charge is 2.17. The maximum absolute atomic E-state index is 12.6. The minimum Gasteiger partial charge on any atom is -0.379 e. The van der Waals surface area contributed by atoms with Crippen LogP contribution >= 0.6 is 0 Å². The van der Waals surface area contributed by atoms with Crippen LogP contribution in [0.2, 0.25) is 0 Å². The molecule has 7 heteroatoms. The predicted molar refractivity (Wildman–Crippen MR) is 98.2 cm³/mol. The van der Waals surface area contributed by atoms with Gasteiger partial charge in [0.2, 0.25) is 10.0 Å². The highest BCUT2D eigenvalue weighted by molar-refractivity contribution is 7.89. The van der Waals surface area contributed by atoms with Crippen LogP contribution in [0.15, 0.2) is 41.3 Å². The maximum atomic E-state index is 12.6. The summed E-state index contributed by atoms with van der Waals surface area (Å²) in [6.45, 7) is 1.88. The Kier molecular flexibility index (Phi) is 6.56. The van der Waals surface area contributed by atoms with Gasteiger partial charge in [-0.15, -0.1) is 0 Å². The molecule has 0 fully saturated rings. The van der Waals surface area contributed by atoms with Gasteiger partial charge in [-0.2, -0.15) is 0 Å². The molecule has 0 amide bonds. The van der Waals surface area contributed by atoms with Crippen LogP contribution in [0.25, 0.3) is 10.8 Å². The molecule has 0 radical (unpaired) electrons. The first-order chi connectivity index (χ1) is 11.5. The van der Waals surface area contributed by atoms with E-state index in [9.17, 15) is 8.42 Å². The van der Waals surface area contributed by atoms with Crippen LogP contribution < -0.4 is 14.9 Å². The number of hydrogen-bond donors (Lipinski definition) is 2. The molecule has 0 aromatic heterocycles. The first kappa shape index (κ1) is 18.7. The smallest absolute Gasteiger partial charge is 0.241 e. The van der Waals surface area contributed by atoms with Gasteiger partial charge in [0.15, 0.2) is 0 Å². The molecule has 2 N–H and O–H groups in total. The van der Waals surface area contributed by atoms with Gasteiger partial charge in [-0.3, -0.25) is 0 Å². The minimum atomic E-state index is -3.59. The number of hydrogen-bond acceptors (Lipinski definition) is 5. The van der Waals surface area contributed by atoms with Gasteiger partial charge in [-0.25, -0.2) is 13.1 Å². The van der Waals surface area contributed by atoms with E-state index in [4.69, 9.17) is 4.74 Å². The van der Waals surface area contributed by atoms with Crippen LogP contribution in [0, 0.1) is 0 Å². The molecule has 2 aromatic carbocycles. The van der Waals surface area contributed by atoms with Gasteiger partial charge in [0.05, 0.1) is 18.1 Å². The zero-order valence-corrected chi connectivity index (χ0v) is 15.2. The summed E-state index contributed by atoms with van der Waals surface area (Å²) in [5, 5.41) is 4.60. The van der Waals surface area contributed by atoms with Crippen LogP contribution in [0.3, 0.4) is 0 Å². The Morgan fingerprint density at radius 1 is 1.00 bits per heavy atom. The second kappa shape index (κ2) is 8.43. The second-order valence-corrected chi connectivity index (χ2v) is 7.37. The summed E-state index contributed by atoms with van der Waals surface area (Å²) in [5.41, 5.74) is 0.986. The van der Waals surface area contributed by atoms with Gasteiger partial charge in [0, 0.05) is 43.6 Å². The van der Waals surface area contributed by atoms with Crippen molar-refractivity contribution in [2.75, 3.05) is 52.3 Å². The summed E-state index contributed by atoms with van der Waals surface area (Å²) in [4.78, 5) is 2.26. The Bertz CT molecular complexity index is 776. The molecule has 0 saturated carbocycles. The lowest BCUT2D eigenvalue weighted by Gasteiger charge is -2.17. The number of ether oxygens (including phenoxy) is 1. The standard InChI is InChI=1S/C17H25N3O3S/c1-18-10-12-23-13-11-19-24(21,22)17-9-5-6-14-15(17)7-4-8-16(14)20(2)3/h4-9,18-19H,10-13H2,1-3H3. The molecule has 24 heavy (non-hydrogen) atoms. The molecule has 0 aliphatic heterocycles. The van der Waals surface area contributed by atoms with Crippen molar-refractivity contribution in [3.05, 3.63) is 36.4 Å². The normalized spacial score (nSPS) is 11.8. The van der Waals surface area contributed by atoms with E-state index in [2.05, 4.69) is 10.0 Å². The van der Waals surface area contributed by atoms with E-state index >= 15 is 0 Å². The van der Waals surface area contributed by atoms with E-state index in [1.165, 1.54) is 0 Å². The summed E-state index contributed by atoms with van der Waals surface area (Å²) in [6, 6.07) is 11.0. The summed E-state index contributed by atoms with van der Waals surface area (Å²) in [5.74, 6) is 0. The Balaban J connectivity index is 2.20. The van der Waals surface area contributed by atoms with Gasteiger partial charge >= 0.3 is 0 Å². The average molecular weight is 351 g/mol. The highest BCUT2D eigenvalue weighted by Crippen LogP contribution is 2.29. The summed E-state index contributed by atoms with van der Waals surface area (Å²) >= 11 is 0. The third-order valence-corrected chi connectivity index (χ3v) is 5.18. The van der Waals surface area contributed by atoms with Crippen molar-refractivity contribution in [1.29, 1.82) is 0 Å². The fraction of sp³-hybridized carbons (Fsp3) is 0.412. The van der Waals surface area contributed by atoms with Crippen molar-refractivity contribution in [3.63, 3.8) is 0 Å². The second-order valence-electron chi connectivity index (χ2n) is 5.64. The van der Waals surface area contributed by atoms with E-state index in [0.29, 0.717) is 23.5 Å². The van der Waals surface area contributed by atoms with Crippen LogP contribution in [0.4, 0.5) is 5.69 Å². The number of nitrogens with zero attached hydrogens (tertiary/aromatic N) is 1. The number of nitrogens with one attached hydrogen (secondary N) is 2. The molecule has 0 aliphatic rings. The summed E-state index contributed by atoms with van der Waals surface area (Å²) < 4.78 is 33.2. The quantitative estimate of drug-likeness (QED) is 0.669. The molecule has 0 atom stereocenters. The van der Waals surface area contributed by atoms with Gasteiger partial charge in [-0.1, -0.05) is 24.3 Å². The highest BCUT2D eigenvalue weighted by atomic mass is 32.2. The van der Waals surface area contributed by atoms with Crippen molar-refractivity contribution in [1.82, 2.24) is 10.0 Å². The predicted octanol–water partition coefficient (Wildman–Crippen LogP) is 1.42. The van der Waals surface area contributed by atoms with Crippen molar-refractivity contribution in [2.24, 2.45) is 0 Å². The third kappa shape index (κ3) is 4.45. The van der Waals surface area contributed by atoms with Gasteiger partial charge in [-0.05, 0) is 19.2 Å². The lowest BCUT2D eigenvalue weighted by molar-refractivity contribution is 0.142. The molecule has 0 aliphatic carbocycles. The molecule has 132 valence electrons. The number of benzene rings is 2. The minimum absolute atomic E-state index is 0.246. The largest absolute Gasteiger partial charge is 0.379 e. The summed E-state index contributed by atoms with van der Waals surface area (Å²) in [6.07, 6.45) is 0. The fourth-order valence-electron chi connectivity index (χ4n) is 2.49. The molecule has 2 rings (SSSR count). The van der Waals surface area contributed by atoms with E-state index < -0.39 is 10.0 Å². The van der Waals surface area contributed by atoms with Crippen LogP contribution in [0.1, 0.15) is 0 Å². The Labute approximate surface area is 143 Å². The topological polar surface area (TPSA) is 70.7 Å². The van der Waals surface area contributed by atoms with Crippen LogP contribution in [-0.4, -0.2) is 55.9 Å². The fourth-order valence-corrected chi connectivity index (χ4v) is 3.72. The molecule has 6 nitrogen and oxygen atoms in total. The number of likely N-dealkylation sites (N-methyl/N-ethyl adjacent to an activating group) is 1. The molecular weight excluding hydrogens is 326 g/mol. The Morgan fingerprint density at radius 3 is 2.38 bits per heavy atom. The Hall–Kier alpha value is -1.67. The number of rotatable bonds is 9. The molecule has 0 heterocycles. The monoisotopic (exact) mass is 351 g/mol. The van der Waals surface area contributed by atoms with Gasteiger partial charge in [0.25, 0.3) is 0 Å². The van der Waals surface area contributed by atoms with E-state index in [1.807, 2.05) is 50.3 Å². The van der Waals surface area contributed by atoms with Crippen LogP contribution in [-0.2, 0) is 14.8 Å². The lowest BCUT2D eigenvalue weighted by atomic mass is 10.1. The van der Waals surface area contributed by atoms with Crippen molar-refractivity contribution in [2.45, 2.75) is 4.90 Å². The van der Waals surface area contributed by atoms with Crippen molar-refractivity contribution < 1.29 is 13.2 Å².